The molecular weight excluding hydrogens is 364 g/mol. The average molecular weight is 385 g/mol. The van der Waals surface area contributed by atoms with Crippen LogP contribution in [0.15, 0.2) is 42.0 Å². The van der Waals surface area contributed by atoms with E-state index in [1.807, 2.05) is 45.0 Å². The molecule has 2 rings (SSSR count). The number of benzene rings is 2. The van der Waals surface area contributed by atoms with E-state index in [1.165, 1.54) is 6.08 Å². The van der Waals surface area contributed by atoms with Gasteiger partial charge in [-0.15, -0.1) is 0 Å². The fraction of sp³-hybridized carbons (Fsp3) is 0.238. The zero-order chi connectivity index (χ0) is 19.8. The van der Waals surface area contributed by atoms with E-state index in [1.54, 1.807) is 18.2 Å². The summed E-state index contributed by atoms with van der Waals surface area (Å²) in [4.78, 5) is 12.4. The first-order valence-electron chi connectivity index (χ1n) is 8.57. The first-order chi connectivity index (χ1) is 13.0. The molecule has 0 fully saturated rings. The summed E-state index contributed by atoms with van der Waals surface area (Å²) in [6, 6.07) is 12.5. The van der Waals surface area contributed by atoms with Gasteiger partial charge in [0, 0.05) is 11.8 Å². The van der Waals surface area contributed by atoms with Gasteiger partial charge >= 0.3 is 0 Å². The van der Waals surface area contributed by atoms with Crippen LogP contribution < -0.4 is 14.8 Å². The van der Waals surface area contributed by atoms with E-state index < -0.39 is 5.91 Å². The van der Waals surface area contributed by atoms with E-state index in [-0.39, 0.29) is 5.57 Å². The van der Waals surface area contributed by atoms with Crippen LogP contribution in [0.4, 0.5) is 5.69 Å². The molecule has 0 aliphatic heterocycles. The maximum absolute atomic E-state index is 12.4. The normalized spacial score (nSPS) is 10.9. The number of carbonyl (C=O) groups excluding carboxylic acids is 1. The third kappa shape index (κ3) is 5.50. The Hall–Kier alpha value is -2.97. The van der Waals surface area contributed by atoms with Crippen molar-refractivity contribution < 1.29 is 14.3 Å². The van der Waals surface area contributed by atoms with Crippen LogP contribution in [0.25, 0.3) is 6.08 Å². The van der Waals surface area contributed by atoms with E-state index in [2.05, 4.69) is 5.32 Å². The number of nitriles is 1. The van der Waals surface area contributed by atoms with Crippen LogP contribution in [0.5, 0.6) is 11.5 Å². The third-order valence-corrected chi connectivity index (χ3v) is 3.93. The lowest BCUT2D eigenvalue weighted by atomic mass is 10.1. The SMILES string of the molecule is CCOc1cc(Cl)c(/C=C(\C#N)C(=O)Nc2cccc(C)c2)cc1OCC. The number of nitrogens with zero attached hydrogens (tertiary/aromatic N) is 1. The largest absolute Gasteiger partial charge is 0.490 e. The van der Waals surface area contributed by atoms with Gasteiger partial charge in [0.25, 0.3) is 5.91 Å². The smallest absolute Gasteiger partial charge is 0.266 e. The molecule has 0 saturated carbocycles. The molecule has 0 aromatic heterocycles. The second-order valence-corrected chi connectivity index (χ2v) is 6.09. The molecule has 27 heavy (non-hydrogen) atoms. The third-order valence-electron chi connectivity index (χ3n) is 3.60. The van der Waals surface area contributed by atoms with Crippen LogP contribution in [-0.4, -0.2) is 19.1 Å². The molecule has 0 saturated heterocycles. The van der Waals surface area contributed by atoms with Gasteiger partial charge in [0.2, 0.25) is 0 Å². The van der Waals surface area contributed by atoms with Crippen molar-refractivity contribution in [2.24, 2.45) is 0 Å². The molecule has 6 heteroatoms. The zero-order valence-corrected chi connectivity index (χ0v) is 16.3. The van der Waals surface area contributed by atoms with Gasteiger partial charge < -0.3 is 14.8 Å². The van der Waals surface area contributed by atoms with Gasteiger partial charge in [0.05, 0.1) is 18.2 Å². The number of halogens is 1. The number of hydrogen-bond acceptors (Lipinski definition) is 4. The summed E-state index contributed by atoms with van der Waals surface area (Å²) in [7, 11) is 0. The Labute approximate surface area is 164 Å². The minimum atomic E-state index is -0.508. The Kier molecular flexibility index (Phi) is 7.27. The minimum absolute atomic E-state index is 0.0648. The lowest BCUT2D eigenvalue weighted by Gasteiger charge is -2.13. The number of aryl methyl sites for hydroxylation is 1. The van der Waals surface area contributed by atoms with E-state index in [0.29, 0.717) is 41.0 Å². The summed E-state index contributed by atoms with van der Waals surface area (Å²) in [5, 5.41) is 12.5. The predicted molar refractivity (Wildman–Crippen MR) is 107 cm³/mol. The summed E-state index contributed by atoms with van der Waals surface area (Å²) < 4.78 is 11.1. The summed E-state index contributed by atoms with van der Waals surface area (Å²) in [5.74, 6) is 0.515. The summed E-state index contributed by atoms with van der Waals surface area (Å²) >= 11 is 6.30. The number of nitrogens with one attached hydrogen (secondary N) is 1. The van der Waals surface area contributed by atoms with Crippen LogP contribution in [0.2, 0.25) is 5.02 Å². The number of hydrogen-bond donors (Lipinski definition) is 1. The monoisotopic (exact) mass is 384 g/mol. The lowest BCUT2D eigenvalue weighted by molar-refractivity contribution is -0.112. The molecule has 5 nitrogen and oxygen atoms in total. The number of carbonyl (C=O) groups is 1. The molecule has 0 spiro atoms. The highest BCUT2D eigenvalue weighted by atomic mass is 35.5. The molecule has 0 bridgehead atoms. The molecule has 2 aromatic rings. The lowest BCUT2D eigenvalue weighted by Crippen LogP contribution is -2.13. The van der Waals surface area contributed by atoms with Crippen LogP contribution >= 0.6 is 11.6 Å². The van der Waals surface area contributed by atoms with Crippen LogP contribution in [0, 0.1) is 18.3 Å². The van der Waals surface area contributed by atoms with E-state index in [0.717, 1.165) is 5.56 Å². The highest BCUT2D eigenvalue weighted by molar-refractivity contribution is 6.32. The van der Waals surface area contributed by atoms with Crippen molar-refractivity contribution in [1.82, 2.24) is 0 Å². The van der Waals surface area contributed by atoms with Gasteiger partial charge in [0.1, 0.15) is 11.6 Å². The number of anilines is 1. The second kappa shape index (κ2) is 9.65. The van der Waals surface area contributed by atoms with Gasteiger partial charge in [-0.05, 0) is 56.2 Å². The van der Waals surface area contributed by atoms with Crippen molar-refractivity contribution in [2.45, 2.75) is 20.8 Å². The van der Waals surface area contributed by atoms with Gasteiger partial charge in [-0.2, -0.15) is 5.26 Å². The fourth-order valence-electron chi connectivity index (χ4n) is 2.42. The second-order valence-electron chi connectivity index (χ2n) is 5.68. The van der Waals surface area contributed by atoms with Crippen LogP contribution in [-0.2, 0) is 4.79 Å². The summed E-state index contributed by atoms with van der Waals surface area (Å²) in [5.41, 5.74) is 2.06. The molecule has 1 amide bonds. The standard InChI is InChI=1S/C21H21ClN2O3/c1-4-26-19-11-15(18(22)12-20(19)27-5-2)10-16(13-23)21(25)24-17-8-6-7-14(3)9-17/h6-12H,4-5H2,1-3H3,(H,24,25)/b16-10+. The van der Waals surface area contributed by atoms with Crippen molar-refractivity contribution in [2.75, 3.05) is 18.5 Å². The average Bonchev–Trinajstić information content (AvgIpc) is 2.63. The maximum atomic E-state index is 12.4. The Bertz CT molecular complexity index is 901. The maximum Gasteiger partial charge on any atom is 0.266 e. The van der Waals surface area contributed by atoms with Crippen molar-refractivity contribution in [3.8, 4) is 17.6 Å². The van der Waals surface area contributed by atoms with E-state index in [9.17, 15) is 10.1 Å². The molecule has 2 aromatic carbocycles. The van der Waals surface area contributed by atoms with Crippen molar-refractivity contribution in [3.05, 3.63) is 58.1 Å². The Morgan fingerprint density at radius 3 is 2.44 bits per heavy atom. The molecule has 1 N–H and O–H groups in total. The highest BCUT2D eigenvalue weighted by Crippen LogP contribution is 2.34. The molecule has 0 radical (unpaired) electrons. The summed E-state index contributed by atoms with van der Waals surface area (Å²) in [6.45, 7) is 6.56. The Balaban J connectivity index is 2.34. The van der Waals surface area contributed by atoms with Gasteiger partial charge in [-0.1, -0.05) is 23.7 Å². The summed E-state index contributed by atoms with van der Waals surface area (Å²) in [6.07, 6.45) is 1.44. The highest BCUT2D eigenvalue weighted by Gasteiger charge is 2.14. The molecule has 0 unspecified atom stereocenters. The predicted octanol–water partition coefficient (Wildman–Crippen LogP) is 4.99. The molecule has 0 aliphatic carbocycles. The number of amides is 1. The molecular formula is C21H21ClN2O3. The molecule has 140 valence electrons. The number of ether oxygens (including phenoxy) is 2. The van der Waals surface area contributed by atoms with Crippen LogP contribution in [0.1, 0.15) is 25.0 Å². The van der Waals surface area contributed by atoms with Gasteiger partial charge in [-0.3, -0.25) is 4.79 Å². The van der Waals surface area contributed by atoms with Crippen LogP contribution in [0.3, 0.4) is 0 Å². The fourth-order valence-corrected chi connectivity index (χ4v) is 2.63. The van der Waals surface area contributed by atoms with Gasteiger partial charge in [-0.25, -0.2) is 0 Å². The minimum Gasteiger partial charge on any atom is -0.490 e. The van der Waals surface area contributed by atoms with Gasteiger partial charge in [0.15, 0.2) is 11.5 Å². The van der Waals surface area contributed by atoms with Crippen molar-refractivity contribution in [1.29, 1.82) is 5.26 Å². The molecule has 0 aliphatic rings. The number of rotatable bonds is 7. The quantitative estimate of drug-likeness (QED) is 0.539. The Morgan fingerprint density at radius 1 is 1.19 bits per heavy atom. The van der Waals surface area contributed by atoms with Crippen molar-refractivity contribution >= 4 is 29.3 Å². The molecule has 0 atom stereocenters. The topological polar surface area (TPSA) is 71.3 Å². The Morgan fingerprint density at radius 2 is 1.85 bits per heavy atom. The van der Waals surface area contributed by atoms with E-state index >= 15 is 0 Å². The zero-order valence-electron chi connectivity index (χ0n) is 15.5. The van der Waals surface area contributed by atoms with Crippen molar-refractivity contribution in [3.63, 3.8) is 0 Å². The first kappa shape index (κ1) is 20.3. The first-order valence-corrected chi connectivity index (χ1v) is 8.95. The van der Waals surface area contributed by atoms with E-state index in [4.69, 9.17) is 21.1 Å². The molecule has 0 heterocycles.